The van der Waals surface area contributed by atoms with Crippen LogP contribution in [-0.2, 0) is 10.0 Å². The van der Waals surface area contributed by atoms with E-state index in [0.29, 0.717) is 5.65 Å². The number of anilines is 1. The fourth-order valence-electron chi connectivity index (χ4n) is 2.19. The van der Waals surface area contributed by atoms with Crippen LogP contribution < -0.4 is 14.8 Å². The number of carbonyl (C=O) groups is 1. The first kappa shape index (κ1) is 19.1. The third-order valence-corrected chi connectivity index (χ3v) is 5.21. The van der Waals surface area contributed by atoms with Crippen LogP contribution in [0.2, 0.25) is 10.3 Å². The van der Waals surface area contributed by atoms with Crippen LogP contribution >= 0.6 is 23.2 Å². The monoisotopic (exact) mass is 430 g/mol. The lowest BCUT2D eigenvalue weighted by Gasteiger charge is -2.09. The summed E-state index contributed by atoms with van der Waals surface area (Å²) in [6, 6.07) is 3.53. The maximum absolute atomic E-state index is 12.6. The zero-order chi connectivity index (χ0) is 19.8. The van der Waals surface area contributed by atoms with Gasteiger partial charge in [0.2, 0.25) is 11.8 Å². The van der Waals surface area contributed by atoms with E-state index in [9.17, 15) is 13.2 Å². The summed E-state index contributed by atoms with van der Waals surface area (Å²) in [7, 11) is -3.00. The number of nitrogens with zero attached hydrogens (tertiary/aromatic N) is 4. The highest BCUT2D eigenvalue weighted by Crippen LogP contribution is 2.23. The molecule has 0 aliphatic carbocycles. The summed E-state index contributed by atoms with van der Waals surface area (Å²) in [6.07, 6.45) is 1.49. The van der Waals surface area contributed by atoms with Crippen molar-refractivity contribution in [2.24, 2.45) is 0 Å². The van der Waals surface area contributed by atoms with E-state index in [4.69, 9.17) is 27.9 Å². The molecular formula is C14H12Cl2N6O4S. The molecule has 3 rings (SSSR count). The number of hydrogen-bond donors (Lipinski definition) is 2. The zero-order valence-electron chi connectivity index (χ0n) is 13.9. The van der Waals surface area contributed by atoms with E-state index in [1.54, 1.807) is 12.1 Å². The number of methoxy groups -OCH3 is 1. The van der Waals surface area contributed by atoms with Gasteiger partial charge in [0.25, 0.3) is 10.0 Å². The van der Waals surface area contributed by atoms with Gasteiger partial charge in [-0.1, -0.05) is 23.2 Å². The second kappa shape index (κ2) is 7.18. The molecule has 0 radical (unpaired) electrons. The lowest BCUT2D eigenvalue weighted by Crippen LogP contribution is -2.35. The Hall–Kier alpha value is -2.63. The van der Waals surface area contributed by atoms with Crippen molar-refractivity contribution in [3.63, 3.8) is 0 Å². The minimum atomic E-state index is -4.35. The number of urea groups is 1. The molecule has 0 saturated heterocycles. The molecule has 0 aliphatic heterocycles. The molecule has 0 spiro atoms. The number of halogens is 2. The highest BCUT2D eigenvalue weighted by Gasteiger charge is 2.27. The van der Waals surface area contributed by atoms with Gasteiger partial charge in [-0.25, -0.2) is 19.5 Å². The number of imidazole rings is 1. The molecular weight excluding hydrogens is 419 g/mol. The minimum Gasteiger partial charge on any atom is -0.481 e. The normalized spacial score (nSPS) is 11.4. The van der Waals surface area contributed by atoms with Gasteiger partial charge in [0.1, 0.15) is 10.8 Å². The van der Waals surface area contributed by atoms with Gasteiger partial charge >= 0.3 is 6.03 Å². The highest BCUT2D eigenvalue weighted by atomic mass is 35.5. The summed E-state index contributed by atoms with van der Waals surface area (Å²) >= 11 is 11.7. The Morgan fingerprint density at radius 1 is 1.22 bits per heavy atom. The summed E-state index contributed by atoms with van der Waals surface area (Å²) in [6.45, 7) is 1.82. The average molecular weight is 431 g/mol. The quantitative estimate of drug-likeness (QED) is 0.607. The zero-order valence-corrected chi connectivity index (χ0v) is 16.2. The fourth-order valence-corrected chi connectivity index (χ4v) is 3.92. The Morgan fingerprint density at radius 2 is 1.96 bits per heavy atom. The molecule has 13 heteroatoms. The van der Waals surface area contributed by atoms with Crippen LogP contribution in [0.3, 0.4) is 0 Å². The maximum Gasteiger partial charge on any atom is 0.335 e. The number of pyridine rings is 1. The number of sulfonamides is 1. The van der Waals surface area contributed by atoms with Gasteiger partial charge in [-0.05, 0) is 24.6 Å². The summed E-state index contributed by atoms with van der Waals surface area (Å²) in [5, 5.41) is 1.51. The van der Waals surface area contributed by atoms with E-state index in [1.807, 2.05) is 11.6 Å². The van der Waals surface area contributed by atoms with E-state index in [2.05, 4.69) is 20.3 Å². The van der Waals surface area contributed by atoms with Gasteiger partial charge < -0.3 is 4.74 Å². The smallest absolute Gasteiger partial charge is 0.335 e. The summed E-state index contributed by atoms with van der Waals surface area (Å²) in [5.41, 5.74) is 1.19. The van der Waals surface area contributed by atoms with Crippen molar-refractivity contribution in [3.8, 4) is 5.88 Å². The third-order valence-electron chi connectivity index (χ3n) is 3.29. The van der Waals surface area contributed by atoms with Crippen molar-refractivity contribution >= 4 is 50.9 Å². The molecule has 142 valence electrons. The van der Waals surface area contributed by atoms with Crippen LogP contribution in [0.1, 0.15) is 5.56 Å². The predicted molar refractivity (Wildman–Crippen MR) is 97.9 cm³/mol. The number of nitrogens with one attached hydrogen (secondary N) is 2. The maximum atomic E-state index is 12.6. The van der Waals surface area contributed by atoms with Gasteiger partial charge in [-0.3, -0.25) is 9.72 Å². The highest BCUT2D eigenvalue weighted by molar-refractivity contribution is 7.90. The van der Waals surface area contributed by atoms with Crippen LogP contribution in [0.15, 0.2) is 29.4 Å². The SMILES string of the molecule is COc1cc(Cl)nc(NC(=O)NS(=O)(=O)c2c(Cl)nc3cc(C)ccn23)n1. The Labute approximate surface area is 163 Å². The molecule has 0 saturated carbocycles. The Bertz CT molecular complexity index is 1150. The molecule has 0 aliphatic rings. The molecule has 3 heterocycles. The number of fused-ring (bicyclic) bond motifs is 1. The molecule has 0 aromatic carbocycles. The largest absolute Gasteiger partial charge is 0.481 e. The topological polar surface area (TPSA) is 128 Å². The van der Waals surface area contributed by atoms with Crippen molar-refractivity contribution in [2.75, 3.05) is 12.4 Å². The first-order valence-corrected chi connectivity index (χ1v) is 9.50. The fraction of sp³-hybridized carbons (Fsp3) is 0.143. The number of rotatable bonds is 4. The number of amides is 2. The number of carbonyl (C=O) groups excluding carboxylic acids is 1. The van der Waals surface area contributed by atoms with E-state index < -0.39 is 16.1 Å². The average Bonchev–Trinajstić information content (AvgIpc) is 2.89. The van der Waals surface area contributed by atoms with Gasteiger partial charge in [0.05, 0.1) is 7.11 Å². The van der Waals surface area contributed by atoms with Crippen LogP contribution in [0.25, 0.3) is 5.65 Å². The van der Waals surface area contributed by atoms with Crippen molar-refractivity contribution < 1.29 is 17.9 Å². The molecule has 0 unspecified atom stereocenters. The summed E-state index contributed by atoms with van der Waals surface area (Å²) in [5.74, 6) is -0.153. The Morgan fingerprint density at radius 3 is 2.67 bits per heavy atom. The molecule has 0 atom stereocenters. The molecule has 0 bridgehead atoms. The van der Waals surface area contributed by atoms with Gasteiger partial charge in [0, 0.05) is 12.3 Å². The number of aromatic nitrogens is 4. The summed E-state index contributed by atoms with van der Waals surface area (Å²) < 4.78 is 33.2. The summed E-state index contributed by atoms with van der Waals surface area (Å²) in [4.78, 5) is 23.7. The van der Waals surface area contributed by atoms with E-state index >= 15 is 0 Å². The number of hydrogen-bond acceptors (Lipinski definition) is 7. The number of aryl methyl sites for hydroxylation is 1. The molecule has 2 N–H and O–H groups in total. The Kier molecular flexibility index (Phi) is 5.09. The van der Waals surface area contributed by atoms with Crippen LogP contribution in [0.5, 0.6) is 5.88 Å². The van der Waals surface area contributed by atoms with Gasteiger partial charge in [-0.2, -0.15) is 13.4 Å². The predicted octanol–water partition coefficient (Wildman–Crippen LogP) is 2.26. The van der Waals surface area contributed by atoms with Gasteiger partial charge in [0.15, 0.2) is 10.2 Å². The lowest BCUT2D eigenvalue weighted by molar-refractivity contribution is 0.256. The second-order valence-corrected chi connectivity index (χ2v) is 7.60. The van der Waals surface area contributed by atoms with E-state index in [1.165, 1.54) is 23.8 Å². The molecule has 27 heavy (non-hydrogen) atoms. The van der Waals surface area contributed by atoms with E-state index in [0.717, 1.165) is 5.56 Å². The molecule has 3 aromatic rings. The van der Waals surface area contributed by atoms with Crippen molar-refractivity contribution in [1.29, 1.82) is 0 Å². The lowest BCUT2D eigenvalue weighted by atomic mass is 10.3. The first-order valence-electron chi connectivity index (χ1n) is 7.26. The Balaban J connectivity index is 1.88. The van der Waals surface area contributed by atoms with Crippen LogP contribution in [0.4, 0.5) is 10.7 Å². The van der Waals surface area contributed by atoms with Crippen molar-refractivity contribution in [2.45, 2.75) is 11.9 Å². The number of ether oxygens (including phenoxy) is 1. The van der Waals surface area contributed by atoms with Crippen LogP contribution in [-0.4, -0.2) is 40.9 Å². The van der Waals surface area contributed by atoms with Gasteiger partial charge in [-0.15, -0.1) is 0 Å². The van der Waals surface area contributed by atoms with Crippen molar-refractivity contribution in [1.82, 2.24) is 24.1 Å². The minimum absolute atomic E-state index is 0.000190. The third kappa shape index (κ3) is 4.04. The first-order chi connectivity index (χ1) is 12.7. The second-order valence-electron chi connectivity index (χ2n) is 5.26. The van der Waals surface area contributed by atoms with Crippen molar-refractivity contribution in [3.05, 3.63) is 40.3 Å². The van der Waals surface area contributed by atoms with Crippen LogP contribution in [0, 0.1) is 6.92 Å². The molecule has 10 nitrogen and oxygen atoms in total. The molecule has 2 amide bonds. The van der Waals surface area contributed by atoms with E-state index in [-0.39, 0.29) is 27.2 Å². The molecule has 3 aromatic heterocycles. The standard InChI is InChI=1S/C14H12Cl2N6O4S/c1-7-3-4-22-9(5-7)18-11(16)12(22)27(24,25)21-14(23)20-13-17-8(15)6-10(19-13)26-2/h3-6H,1-2H3,(H2,17,19,20,21,23). The molecule has 0 fully saturated rings.